The quantitative estimate of drug-likeness (QED) is 0.744. The maximum Gasteiger partial charge on any atom is 0.240 e. The van der Waals surface area contributed by atoms with Gasteiger partial charge in [0, 0.05) is 17.6 Å². The van der Waals surface area contributed by atoms with Crippen LogP contribution in [-0.4, -0.2) is 14.5 Å². The van der Waals surface area contributed by atoms with Crippen molar-refractivity contribution < 1.29 is 8.42 Å². The van der Waals surface area contributed by atoms with Crippen molar-refractivity contribution >= 4 is 15.7 Å². The van der Waals surface area contributed by atoms with Crippen molar-refractivity contribution in [2.24, 2.45) is 5.92 Å². The molecule has 0 saturated carbocycles. The fraction of sp³-hybridized carbons (Fsp3) is 0.364. The van der Waals surface area contributed by atoms with E-state index < -0.39 is 10.0 Å². The molecule has 2 aromatic rings. The summed E-state index contributed by atoms with van der Waals surface area (Å²) in [5.74, 6) is 0.644. The van der Waals surface area contributed by atoms with Crippen LogP contribution in [0.4, 0.5) is 5.69 Å². The Balaban J connectivity index is 1.71. The predicted molar refractivity (Wildman–Crippen MR) is 109 cm³/mol. The number of sulfonamides is 1. The van der Waals surface area contributed by atoms with Crippen molar-refractivity contribution in [2.75, 3.05) is 5.32 Å². The number of fused-ring (bicyclic) bond motifs is 3. The van der Waals surface area contributed by atoms with Gasteiger partial charge in [0.25, 0.3) is 0 Å². The van der Waals surface area contributed by atoms with Crippen LogP contribution in [0, 0.1) is 5.92 Å². The van der Waals surface area contributed by atoms with Crippen LogP contribution in [0.5, 0.6) is 0 Å². The first kappa shape index (κ1) is 18.3. The molecular formula is C22H26N2O2S. The predicted octanol–water partition coefficient (Wildman–Crippen LogP) is 4.59. The maximum atomic E-state index is 12.7. The lowest BCUT2D eigenvalue weighted by molar-refractivity contribution is 0.425. The van der Waals surface area contributed by atoms with E-state index in [1.165, 1.54) is 5.56 Å². The third kappa shape index (κ3) is 3.42. The second-order valence-electron chi connectivity index (χ2n) is 7.57. The fourth-order valence-corrected chi connectivity index (χ4v) is 5.51. The highest BCUT2D eigenvalue weighted by molar-refractivity contribution is 7.89. The van der Waals surface area contributed by atoms with E-state index in [9.17, 15) is 8.42 Å². The highest BCUT2D eigenvalue weighted by Crippen LogP contribution is 2.50. The zero-order valence-corrected chi connectivity index (χ0v) is 16.5. The van der Waals surface area contributed by atoms with Crippen LogP contribution in [0.15, 0.2) is 65.6 Å². The van der Waals surface area contributed by atoms with Crippen LogP contribution in [0.25, 0.3) is 0 Å². The average molecular weight is 383 g/mol. The first-order valence-corrected chi connectivity index (χ1v) is 11.1. The summed E-state index contributed by atoms with van der Waals surface area (Å²) in [5.41, 5.74) is 3.38. The van der Waals surface area contributed by atoms with Crippen LogP contribution in [-0.2, 0) is 10.0 Å². The van der Waals surface area contributed by atoms with Crippen LogP contribution < -0.4 is 10.0 Å². The molecule has 4 atom stereocenters. The average Bonchev–Trinajstić information content (AvgIpc) is 3.17. The standard InChI is InChI=1S/C22H26N2O2S/c1-3-15(2)24-27(25,26)17-12-13-21-20(14-17)18-10-7-11-19(18)22(23-21)16-8-5-4-6-9-16/h4-10,12-15,18-19,22-24H,3,11H2,1-2H3. The molecule has 1 aliphatic heterocycles. The molecule has 1 heterocycles. The van der Waals surface area contributed by atoms with Crippen LogP contribution >= 0.6 is 0 Å². The first-order valence-electron chi connectivity index (χ1n) is 9.64. The highest BCUT2D eigenvalue weighted by Gasteiger charge is 2.38. The smallest absolute Gasteiger partial charge is 0.240 e. The molecule has 1 aliphatic carbocycles. The van der Waals surface area contributed by atoms with Gasteiger partial charge in [0.1, 0.15) is 0 Å². The molecule has 4 unspecified atom stereocenters. The van der Waals surface area contributed by atoms with E-state index in [4.69, 9.17) is 0 Å². The van der Waals surface area contributed by atoms with E-state index in [0.717, 1.165) is 24.1 Å². The van der Waals surface area contributed by atoms with Gasteiger partial charge in [-0.1, -0.05) is 49.4 Å². The molecule has 0 saturated heterocycles. The number of rotatable bonds is 5. The molecule has 5 heteroatoms. The molecular weight excluding hydrogens is 356 g/mol. The minimum absolute atomic E-state index is 0.0780. The molecule has 142 valence electrons. The molecule has 2 aromatic carbocycles. The summed E-state index contributed by atoms with van der Waals surface area (Å²) in [7, 11) is -3.50. The third-order valence-corrected chi connectivity index (χ3v) is 7.36. The van der Waals surface area contributed by atoms with E-state index in [2.05, 4.69) is 46.5 Å². The zero-order chi connectivity index (χ0) is 19.0. The van der Waals surface area contributed by atoms with Gasteiger partial charge in [-0.3, -0.25) is 0 Å². The topological polar surface area (TPSA) is 58.2 Å². The summed E-state index contributed by atoms with van der Waals surface area (Å²) in [6.45, 7) is 3.86. The Kier molecular flexibility index (Phi) is 4.82. The minimum Gasteiger partial charge on any atom is -0.378 e. The summed E-state index contributed by atoms with van der Waals surface area (Å²) < 4.78 is 28.2. The van der Waals surface area contributed by atoms with Crippen molar-refractivity contribution in [2.45, 2.75) is 49.6 Å². The van der Waals surface area contributed by atoms with Gasteiger partial charge in [-0.05, 0) is 55.0 Å². The van der Waals surface area contributed by atoms with Crippen LogP contribution in [0.3, 0.4) is 0 Å². The Morgan fingerprint density at radius 3 is 2.70 bits per heavy atom. The van der Waals surface area contributed by atoms with Gasteiger partial charge in [0.05, 0.1) is 10.9 Å². The monoisotopic (exact) mass is 382 g/mol. The van der Waals surface area contributed by atoms with Crippen molar-refractivity contribution in [1.82, 2.24) is 4.72 Å². The number of benzene rings is 2. The van der Waals surface area contributed by atoms with E-state index in [1.54, 1.807) is 6.07 Å². The van der Waals surface area contributed by atoms with Gasteiger partial charge in [-0.25, -0.2) is 13.1 Å². The maximum absolute atomic E-state index is 12.7. The summed E-state index contributed by atoms with van der Waals surface area (Å²) in [6.07, 6.45) is 6.22. The summed E-state index contributed by atoms with van der Waals surface area (Å²) >= 11 is 0. The summed E-state index contributed by atoms with van der Waals surface area (Å²) in [5, 5.41) is 3.66. The van der Waals surface area contributed by atoms with E-state index in [1.807, 2.05) is 32.0 Å². The largest absolute Gasteiger partial charge is 0.378 e. The first-order chi connectivity index (χ1) is 13.0. The Labute approximate surface area is 161 Å². The normalized spacial score (nSPS) is 24.7. The summed E-state index contributed by atoms with van der Waals surface area (Å²) in [4.78, 5) is 0.348. The van der Waals surface area contributed by atoms with E-state index in [-0.39, 0.29) is 18.0 Å². The Morgan fingerprint density at radius 2 is 1.96 bits per heavy atom. The third-order valence-electron chi connectivity index (χ3n) is 5.77. The zero-order valence-electron chi connectivity index (χ0n) is 15.7. The molecule has 4 rings (SSSR count). The molecule has 27 heavy (non-hydrogen) atoms. The molecule has 0 amide bonds. The second kappa shape index (κ2) is 7.13. The van der Waals surface area contributed by atoms with Crippen LogP contribution in [0.1, 0.15) is 49.8 Å². The lowest BCUT2D eigenvalue weighted by Crippen LogP contribution is -2.33. The lowest BCUT2D eigenvalue weighted by Gasteiger charge is -2.37. The SMILES string of the molecule is CCC(C)NS(=O)(=O)c1ccc2c(c1)C1C=CCC1C(c1ccccc1)N2. The highest BCUT2D eigenvalue weighted by atomic mass is 32.2. The summed E-state index contributed by atoms with van der Waals surface area (Å²) in [6, 6.07) is 16.1. The molecule has 2 N–H and O–H groups in total. The lowest BCUT2D eigenvalue weighted by atomic mass is 9.77. The molecule has 0 fully saturated rings. The van der Waals surface area contributed by atoms with Crippen molar-refractivity contribution in [3.05, 3.63) is 71.8 Å². The molecule has 4 nitrogen and oxygen atoms in total. The number of allylic oxidation sites excluding steroid dienone is 2. The van der Waals surface area contributed by atoms with Crippen molar-refractivity contribution in [3.63, 3.8) is 0 Å². The number of anilines is 1. The van der Waals surface area contributed by atoms with Gasteiger partial charge in [-0.15, -0.1) is 0 Å². The molecule has 0 bridgehead atoms. The molecule has 0 spiro atoms. The minimum atomic E-state index is -3.50. The Hall–Kier alpha value is -2.11. The van der Waals surface area contributed by atoms with Gasteiger partial charge in [0.2, 0.25) is 10.0 Å². The van der Waals surface area contributed by atoms with Gasteiger partial charge in [-0.2, -0.15) is 0 Å². The van der Waals surface area contributed by atoms with Crippen molar-refractivity contribution in [1.29, 1.82) is 0 Å². The van der Waals surface area contributed by atoms with Crippen LogP contribution in [0.2, 0.25) is 0 Å². The number of hydrogen-bond acceptors (Lipinski definition) is 3. The number of nitrogens with one attached hydrogen (secondary N) is 2. The van der Waals surface area contributed by atoms with Gasteiger partial charge in [0.15, 0.2) is 0 Å². The van der Waals surface area contributed by atoms with Crippen molar-refractivity contribution in [3.8, 4) is 0 Å². The van der Waals surface area contributed by atoms with Gasteiger partial charge >= 0.3 is 0 Å². The molecule has 0 aromatic heterocycles. The van der Waals surface area contributed by atoms with Gasteiger partial charge < -0.3 is 5.32 Å². The Morgan fingerprint density at radius 1 is 1.19 bits per heavy atom. The fourth-order valence-electron chi connectivity index (χ4n) is 4.15. The Bertz CT molecular complexity index is 954. The van der Waals surface area contributed by atoms with E-state index in [0.29, 0.717) is 10.8 Å². The molecule has 2 aliphatic rings. The van der Waals surface area contributed by atoms with E-state index >= 15 is 0 Å². The molecule has 0 radical (unpaired) electrons. The number of hydrogen-bond donors (Lipinski definition) is 2. The second-order valence-corrected chi connectivity index (χ2v) is 9.28.